The Morgan fingerprint density at radius 2 is 1.73 bits per heavy atom. The van der Waals surface area contributed by atoms with Gasteiger partial charge in [0.2, 0.25) is 0 Å². The van der Waals surface area contributed by atoms with Crippen molar-refractivity contribution in [1.29, 1.82) is 0 Å². The minimum absolute atomic E-state index is 0.379. The zero-order valence-corrected chi connectivity index (χ0v) is 21.1. The van der Waals surface area contributed by atoms with E-state index in [1.165, 1.54) is 24.3 Å². The molecule has 5 nitrogen and oxygen atoms in total. The molecule has 0 saturated heterocycles. The summed E-state index contributed by atoms with van der Waals surface area (Å²) in [7, 11) is -1.26. The van der Waals surface area contributed by atoms with Crippen molar-refractivity contribution in [3.63, 3.8) is 0 Å². The van der Waals surface area contributed by atoms with Crippen LogP contribution < -0.4 is 0 Å². The highest BCUT2D eigenvalue weighted by molar-refractivity contribution is 6.69. The largest absolute Gasteiger partial charge is 0.512 e. The van der Waals surface area contributed by atoms with Crippen LogP contribution in [-0.2, 0) is 24.4 Å². The molecule has 0 aromatic heterocycles. The molecule has 3 atom stereocenters. The number of unbranched alkanes of at least 4 members (excludes halogenated alkanes) is 2. The normalized spacial score (nSPS) is 16.5. The summed E-state index contributed by atoms with van der Waals surface area (Å²) in [5.74, 6) is -3.31. The zero-order valence-electron chi connectivity index (χ0n) is 20.1. The first-order valence-corrected chi connectivity index (χ1v) is 14.3. The van der Waals surface area contributed by atoms with E-state index < -0.39 is 38.6 Å². The fraction of sp³-hybridized carbons (Fsp3) is 0.542. The van der Waals surface area contributed by atoms with Gasteiger partial charge in [-0.3, -0.25) is 0 Å². The fourth-order valence-corrected chi connectivity index (χ4v) is 4.08. The van der Waals surface area contributed by atoms with Crippen molar-refractivity contribution in [1.82, 2.24) is 0 Å². The smallest absolute Gasteiger partial charge is 0.424 e. The van der Waals surface area contributed by atoms with Gasteiger partial charge in [-0.1, -0.05) is 68.3 Å². The van der Waals surface area contributed by atoms with Crippen molar-refractivity contribution < 1.29 is 36.6 Å². The number of benzene rings is 1. The summed E-state index contributed by atoms with van der Waals surface area (Å²) < 4.78 is 63.2. The lowest BCUT2D eigenvalue weighted by Gasteiger charge is -2.34. The Labute approximate surface area is 195 Å². The molecule has 0 saturated carbocycles. The van der Waals surface area contributed by atoms with Crippen molar-refractivity contribution in [2.24, 2.45) is 0 Å². The molecule has 33 heavy (non-hydrogen) atoms. The third-order valence-corrected chi connectivity index (χ3v) is 5.50. The molecule has 0 bridgehead atoms. The molecule has 0 aliphatic rings. The van der Waals surface area contributed by atoms with E-state index in [2.05, 4.69) is 0 Å². The average Bonchev–Trinajstić information content (AvgIpc) is 2.72. The van der Waals surface area contributed by atoms with Crippen molar-refractivity contribution in [2.45, 2.75) is 76.9 Å². The molecular formula is C24H35F3O5Si. The van der Waals surface area contributed by atoms with Gasteiger partial charge in [-0.15, -0.1) is 0 Å². The lowest BCUT2D eigenvalue weighted by atomic mass is 10.1. The number of ether oxygens (including phenoxy) is 3. The molecule has 0 heterocycles. The minimum Gasteiger partial charge on any atom is -0.424 e. The minimum atomic E-state index is -5.05. The summed E-state index contributed by atoms with van der Waals surface area (Å²) in [6, 6.07) is 6.68. The van der Waals surface area contributed by atoms with Gasteiger partial charge in [0.15, 0.2) is 14.4 Å². The van der Waals surface area contributed by atoms with Crippen molar-refractivity contribution in [3.05, 3.63) is 60.2 Å². The second kappa shape index (κ2) is 13.0. The van der Waals surface area contributed by atoms with Crippen molar-refractivity contribution in [3.8, 4) is 0 Å². The monoisotopic (exact) mass is 488 g/mol. The van der Waals surface area contributed by atoms with Crippen LogP contribution in [0.1, 0.15) is 38.7 Å². The number of allylic oxidation sites excluding steroid dienone is 2. The van der Waals surface area contributed by atoms with Crippen LogP contribution in [-0.4, -0.2) is 40.0 Å². The second-order valence-corrected chi connectivity index (χ2v) is 12.9. The number of halogens is 3. The maximum absolute atomic E-state index is 14.0. The molecule has 0 amide bonds. The Kier molecular flexibility index (Phi) is 11.4. The predicted molar refractivity (Wildman–Crippen MR) is 124 cm³/mol. The third-order valence-electron chi connectivity index (χ3n) is 4.52. The molecule has 0 N–H and O–H groups in total. The summed E-state index contributed by atoms with van der Waals surface area (Å²) in [6.07, 6.45) is 1.33. The van der Waals surface area contributed by atoms with E-state index in [0.717, 1.165) is 26.4 Å². The van der Waals surface area contributed by atoms with Crippen LogP contribution in [0.25, 0.3) is 0 Å². The molecule has 1 rings (SSSR count). The molecule has 0 aliphatic heterocycles. The number of alkyl halides is 3. The number of carbonyl (C=O) groups is 1. The zero-order chi connectivity index (χ0) is 25.1. The van der Waals surface area contributed by atoms with Gasteiger partial charge < -0.3 is 18.6 Å². The number of hydrogen-bond donors (Lipinski definition) is 0. The van der Waals surface area contributed by atoms with E-state index in [4.69, 9.17) is 18.6 Å². The highest BCUT2D eigenvalue weighted by Crippen LogP contribution is 2.43. The van der Waals surface area contributed by atoms with Crippen molar-refractivity contribution >= 4 is 14.5 Å². The molecule has 0 radical (unpaired) electrons. The SMILES string of the molecule is C/C=C/[C@@H](O[Si](C)(C)C)[C@@H](/C=C/CCCC)OC(=O)O[C@@](OC)(c1ccccc1)C(F)(F)F. The standard InChI is InChI=1S/C24H35F3O5Si/c1-7-9-10-14-18-20(21(15-8-2)32-33(4,5)6)30-22(28)31-23(29-3,24(25,26)27)19-16-12-11-13-17-19/h8,11-18,20-21H,7,9-10H2,1-6H3/b15-8+,18-14+/t20-,21-,23+/m1/s1. The first kappa shape index (κ1) is 28.9. The molecule has 0 fully saturated rings. The number of hydrogen-bond acceptors (Lipinski definition) is 5. The van der Waals surface area contributed by atoms with E-state index >= 15 is 0 Å². The lowest BCUT2D eigenvalue weighted by Crippen LogP contribution is -2.49. The molecule has 0 unspecified atom stereocenters. The van der Waals surface area contributed by atoms with Crippen LogP contribution >= 0.6 is 0 Å². The molecule has 1 aromatic carbocycles. The summed E-state index contributed by atoms with van der Waals surface area (Å²) in [5, 5.41) is 0. The van der Waals surface area contributed by atoms with Crippen LogP contribution in [0.2, 0.25) is 19.6 Å². The number of carbonyl (C=O) groups excluding carboxylic acids is 1. The van der Waals surface area contributed by atoms with Gasteiger partial charge in [0.1, 0.15) is 6.10 Å². The van der Waals surface area contributed by atoms with Gasteiger partial charge in [-0.25, -0.2) is 4.79 Å². The van der Waals surface area contributed by atoms with Gasteiger partial charge in [0, 0.05) is 12.7 Å². The topological polar surface area (TPSA) is 54.0 Å². The highest BCUT2D eigenvalue weighted by Gasteiger charge is 2.61. The number of rotatable bonds is 12. The van der Waals surface area contributed by atoms with Gasteiger partial charge in [0.25, 0.3) is 0 Å². The van der Waals surface area contributed by atoms with Crippen LogP contribution in [0, 0.1) is 0 Å². The third kappa shape index (κ3) is 8.98. The molecule has 0 spiro atoms. The van der Waals surface area contributed by atoms with Gasteiger partial charge >= 0.3 is 18.1 Å². The quantitative estimate of drug-likeness (QED) is 0.103. The molecule has 186 valence electrons. The average molecular weight is 489 g/mol. The first-order valence-electron chi connectivity index (χ1n) is 10.9. The van der Waals surface area contributed by atoms with Gasteiger partial charge in [-0.2, -0.15) is 13.2 Å². The van der Waals surface area contributed by atoms with Crippen LogP contribution in [0.3, 0.4) is 0 Å². The molecule has 1 aromatic rings. The van der Waals surface area contributed by atoms with E-state index in [1.807, 2.05) is 32.6 Å². The maximum atomic E-state index is 14.0. The molecule has 0 aliphatic carbocycles. The number of methoxy groups -OCH3 is 1. The Balaban J connectivity index is 3.26. The van der Waals surface area contributed by atoms with Crippen LogP contribution in [0.15, 0.2) is 54.6 Å². The van der Waals surface area contributed by atoms with Gasteiger partial charge in [-0.05, 0) is 39.1 Å². The van der Waals surface area contributed by atoms with Crippen molar-refractivity contribution in [2.75, 3.05) is 7.11 Å². The Bertz CT molecular complexity index is 775. The summed E-state index contributed by atoms with van der Waals surface area (Å²) in [5.41, 5.74) is -0.379. The van der Waals surface area contributed by atoms with E-state index in [-0.39, 0.29) is 5.56 Å². The van der Waals surface area contributed by atoms with E-state index in [0.29, 0.717) is 0 Å². The molecule has 9 heteroatoms. The van der Waals surface area contributed by atoms with Gasteiger partial charge in [0.05, 0.1) is 0 Å². The van der Waals surface area contributed by atoms with Crippen LogP contribution in [0.5, 0.6) is 0 Å². The molecular weight excluding hydrogens is 453 g/mol. The summed E-state index contributed by atoms with van der Waals surface area (Å²) in [4.78, 5) is 12.7. The predicted octanol–water partition coefficient (Wildman–Crippen LogP) is 7.11. The summed E-state index contributed by atoms with van der Waals surface area (Å²) >= 11 is 0. The summed E-state index contributed by atoms with van der Waals surface area (Å²) in [6.45, 7) is 9.73. The Hall–Kier alpha value is -2.10. The first-order chi connectivity index (χ1) is 15.4. The Morgan fingerprint density at radius 1 is 1.09 bits per heavy atom. The van der Waals surface area contributed by atoms with E-state index in [1.54, 1.807) is 31.2 Å². The Morgan fingerprint density at radius 3 is 2.21 bits per heavy atom. The fourth-order valence-electron chi connectivity index (χ4n) is 3.05. The highest BCUT2D eigenvalue weighted by atomic mass is 28.4. The maximum Gasteiger partial charge on any atom is 0.512 e. The van der Waals surface area contributed by atoms with E-state index in [9.17, 15) is 18.0 Å². The van der Waals surface area contributed by atoms with Crippen LogP contribution in [0.4, 0.5) is 18.0 Å². The second-order valence-electron chi connectivity index (χ2n) is 8.41. The lowest BCUT2D eigenvalue weighted by molar-refractivity contribution is -0.368.